The van der Waals surface area contributed by atoms with Crippen LogP contribution in [0.3, 0.4) is 0 Å². The van der Waals surface area contributed by atoms with Crippen LogP contribution in [0.5, 0.6) is 0 Å². The van der Waals surface area contributed by atoms with Crippen molar-refractivity contribution in [3.63, 3.8) is 0 Å². The summed E-state index contributed by atoms with van der Waals surface area (Å²) in [6.07, 6.45) is 33.5. The Labute approximate surface area is 440 Å². The van der Waals surface area contributed by atoms with E-state index >= 15 is 0 Å². The summed E-state index contributed by atoms with van der Waals surface area (Å²) in [7, 11) is -10.9. The molecule has 0 aromatic carbocycles. The van der Waals surface area contributed by atoms with Gasteiger partial charge in [0, 0.05) is 19.0 Å². The molecule has 7 N–H and O–H groups in total. The zero-order valence-electron chi connectivity index (χ0n) is 44.4. The maximum absolute atomic E-state index is 12.9. The minimum atomic E-state index is -5.45. The summed E-state index contributed by atoms with van der Waals surface area (Å²) in [6, 6.07) is 1.24. The van der Waals surface area contributed by atoms with Gasteiger partial charge in [-0.3, -0.25) is 23.2 Å². The van der Waals surface area contributed by atoms with Crippen LogP contribution in [0.15, 0.2) is 65.7 Å². The first-order valence-electron chi connectivity index (χ1n) is 27.2. The van der Waals surface area contributed by atoms with Crippen LogP contribution in [-0.2, 0) is 46.3 Å². The number of hydrogen-bond acceptors (Lipinski definition) is 16. The van der Waals surface area contributed by atoms with Crippen LogP contribution in [0.25, 0.3) is 0 Å². The molecule has 74 heavy (non-hydrogen) atoms. The van der Waals surface area contributed by atoms with Crippen LogP contribution in [0.2, 0.25) is 0 Å². The van der Waals surface area contributed by atoms with E-state index in [1.165, 1.54) is 96.0 Å². The molecule has 1 saturated heterocycles. The molecule has 4 unspecified atom stereocenters. The third-order valence-corrected chi connectivity index (χ3v) is 15.1. The summed E-state index contributed by atoms with van der Waals surface area (Å²) in [5, 5.41) is 31.1. The first-order valence-corrected chi connectivity index (χ1v) is 30.1. The molecular formula is C53H91N3O16P2. The number of aliphatic hydroxyl groups is 3. The van der Waals surface area contributed by atoms with E-state index in [0.717, 1.165) is 55.2 Å². The average molecular weight is 1090 g/mol. The van der Waals surface area contributed by atoms with Gasteiger partial charge in [0.15, 0.2) is 12.3 Å². The van der Waals surface area contributed by atoms with Crippen LogP contribution in [0.4, 0.5) is 5.82 Å². The van der Waals surface area contributed by atoms with E-state index in [2.05, 4.69) is 42.2 Å². The number of nitrogens with zero attached hydrogens (tertiary/aromatic N) is 2. The molecule has 2 heterocycles. The summed E-state index contributed by atoms with van der Waals surface area (Å²) in [5.41, 5.74) is 4.58. The van der Waals surface area contributed by atoms with Gasteiger partial charge in [0.25, 0.3) is 0 Å². The zero-order valence-corrected chi connectivity index (χ0v) is 46.2. The molecule has 19 nitrogen and oxygen atoms in total. The Morgan fingerprint density at radius 2 is 1.38 bits per heavy atom. The first kappa shape index (κ1) is 66.8. The monoisotopic (exact) mass is 1090 g/mol. The molecule has 0 radical (unpaired) electrons. The molecule has 21 heteroatoms. The van der Waals surface area contributed by atoms with Crippen molar-refractivity contribution in [3.05, 3.63) is 71.4 Å². The Bertz CT molecular complexity index is 1960. The molecule has 424 valence electrons. The van der Waals surface area contributed by atoms with Gasteiger partial charge in [-0.2, -0.15) is 9.29 Å². The summed E-state index contributed by atoms with van der Waals surface area (Å²) in [6.45, 7) is 4.35. The fourth-order valence-corrected chi connectivity index (χ4v) is 10.0. The standard InChI is InChI=1S/C53H91N3O16P2/c1-4-6-7-8-9-16-20-24-29-34-44(57)35-30-25-22-27-31-36-48(58)67-40-45(70-49(59)37-32-26-21-18-15-13-11-10-12-14-17-19-23-28-33-43(3)5-2)41-68-73(63,64)72-74(65,66)69-42-46-50(60)51(61)52(71-46)56-39-38-47(54)55-53(56)62/h9,16,22,24-25,29-30,35,38-39,43-46,50-52,57,60-61H,4-8,10-15,17-21,23,26-28,31-34,36-37,40-42H2,1-3H3,(H,63,64)(H,65,66)(H2,54,55,62)/b16-9-,25-22+,29-24-,35-30-/t43?,44?,45-,46-,50-,51-,52-/m1/s1. The van der Waals surface area contributed by atoms with Crippen molar-refractivity contribution in [1.29, 1.82) is 0 Å². The maximum Gasteiger partial charge on any atom is 0.481 e. The number of esters is 2. The van der Waals surface area contributed by atoms with Crippen molar-refractivity contribution in [1.82, 2.24) is 9.55 Å². The highest BCUT2D eigenvalue weighted by Crippen LogP contribution is 2.60. The molecule has 9 atom stereocenters. The van der Waals surface area contributed by atoms with E-state index in [1.54, 1.807) is 18.2 Å². The fourth-order valence-electron chi connectivity index (χ4n) is 7.89. The van der Waals surface area contributed by atoms with Crippen molar-refractivity contribution >= 4 is 33.4 Å². The number of carbonyl (C=O) groups excluding carboxylic acids is 2. The Hall–Kier alpha value is -3.32. The summed E-state index contributed by atoms with van der Waals surface area (Å²) in [4.78, 5) is 62.0. The Kier molecular flexibility index (Phi) is 36.1. The molecular weight excluding hydrogens is 997 g/mol. The summed E-state index contributed by atoms with van der Waals surface area (Å²) < 4.78 is 56.8. The lowest BCUT2D eigenvalue weighted by Crippen LogP contribution is -2.36. The van der Waals surface area contributed by atoms with E-state index < -0.39 is 89.8 Å². The lowest BCUT2D eigenvalue weighted by molar-refractivity contribution is -0.161. The van der Waals surface area contributed by atoms with Crippen molar-refractivity contribution < 1.29 is 71.4 Å². The number of aliphatic hydroxyl groups excluding tert-OH is 3. The van der Waals surface area contributed by atoms with Crippen LogP contribution in [-0.4, -0.2) is 96.9 Å². The van der Waals surface area contributed by atoms with Gasteiger partial charge in [0.2, 0.25) is 0 Å². The van der Waals surface area contributed by atoms with Crippen molar-refractivity contribution in [2.75, 3.05) is 25.6 Å². The molecule has 0 bridgehead atoms. The predicted octanol–water partition coefficient (Wildman–Crippen LogP) is 10.6. The number of unbranched alkanes of at least 4 members (excludes halogenated alkanes) is 17. The highest BCUT2D eigenvalue weighted by Gasteiger charge is 2.46. The molecule has 0 amide bonds. The number of nitrogens with two attached hydrogens (primary N) is 1. The lowest BCUT2D eigenvalue weighted by atomic mass is 9.99. The van der Waals surface area contributed by atoms with Gasteiger partial charge in [-0.05, 0) is 56.9 Å². The number of ether oxygens (including phenoxy) is 3. The molecule has 0 aliphatic carbocycles. The van der Waals surface area contributed by atoms with Crippen LogP contribution < -0.4 is 11.4 Å². The normalized spacial score (nSPS) is 20.1. The van der Waals surface area contributed by atoms with Crippen LogP contribution in [0.1, 0.15) is 194 Å². The average Bonchev–Trinajstić information content (AvgIpc) is 3.63. The number of nitrogen functional groups attached to an aromatic ring is 1. The highest BCUT2D eigenvalue weighted by atomic mass is 31.3. The van der Waals surface area contributed by atoms with Crippen LogP contribution in [0, 0.1) is 5.92 Å². The van der Waals surface area contributed by atoms with E-state index in [1.807, 2.05) is 18.2 Å². The van der Waals surface area contributed by atoms with E-state index in [9.17, 15) is 48.6 Å². The number of phosphoric ester groups is 2. The van der Waals surface area contributed by atoms with Crippen LogP contribution >= 0.6 is 15.6 Å². The number of rotatable bonds is 44. The van der Waals surface area contributed by atoms with Crippen molar-refractivity contribution in [2.45, 2.75) is 224 Å². The molecule has 2 rings (SSSR count). The topological polar surface area (TPSA) is 286 Å². The Morgan fingerprint density at radius 3 is 2.03 bits per heavy atom. The highest BCUT2D eigenvalue weighted by molar-refractivity contribution is 7.61. The number of hydrogen-bond donors (Lipinski definition) is 6. The predicted molar refractivity (Wildman–Crippen MR) is 285 cm³/mol. The molecule has 0 spiro atoms. The van der Waals surface area contributed by atoms with Gasteiger partial charge in [0.1, 0.15) is 30.7 Å². The molecule has 1 aromatic rings. The van der Waals surface area contributed by atoms with E-state index in [4.69, 9.17) is 29.0 Å². The first-order chi connectivity index (χ1) is 35.5. The molecule has 1 aromatic heterocycles. The largest absolute Gasteiger partial charge is 0.481 e. The third-order valence-electron chi connectivity index (χ3n) is 12.5. The second kappa shape index (κ2) is 40.0. The number of allylic oxidation sites excluding steroid dienone is 6. The number of phosphoric acid groups is 2. The van der Waals surface area contributed by atoms with Crippen molar-refractivity contribution in [3.8, 4) is 0 Å². The van der Waals surface area contributed by atoms with Gasteiger partial charge >= 0.3 is 33.3 Å². The molecule has 0 saturated carbocycles. The minimum absolute atomic E-state index is 0.00773. The lowest BCUT2D eigenvalue weighted by Gasteiger charge is -2.21. The minimum Gasteiger partial charge on any atom is -0.462 e. The Balaban J connectivity index is 1.82. The van der Waals surface area contributed by atoms with Gasteiger partial charge < -0.3 is 45.1 Å². The second-order valence-corrected chi connectivity index (χ2v) is 22.2. The quantitative estimate of drug-likeness (QED) is 0.0116. The number of anilines is 1. The Morgan fingerprint density at radius 1 is 0.770 bits per heavy atom. The second-order valence-electron chi connectivity index (χ2n) is 19.2. The SMILES string of the molecule is CCCCC/C=C\C/C=C\CC(O)/C=C\C=C\CCCC(=O)OC[C@H](COP(=O)(O)OP(=O)(O)OC[C@H]1O[C@@H](n2ccc(N)nc2=O)[C@H](O)[C@@H]1O)OC(=O)CCCCCCCCCCCCCCCCC(C)CC. The number of aromatic nitrogens is 2. The number of carbonyl (C=O) groups is 2. The van der Waals surface area contributed by atoms with Gasteiger partial charge in [0.05, 0.1) is 19.3 Å². The fraction of sp³-hybridized carbons (Fsp3) is 0.736. The maximum atomic E-state index is 12.9. The van der Waals surface area contributed by atoms with E-state index in [0.29, 0.717) is 25.7 Å². The molecule has 1 aliphatic rings. The van der Waals surface area contributed by atoms with Gasteiger partial charge in [-0.25, -0.2) is 13.9 Å². The molecule has 1 fully saturated rings. The summed E-state index contributed by atoms with van der Waals surface area (Å²) >= 11 is 0. The van der Waals surface area contributed by atoms with E-state index in [-0.39, 0.29) is 18.7 Å². The van der Waals surface area contributed by atoms with Crippen molar-refractivity contribution in [2.24, 2.45) is 5.92 Å². The molecule has 1 aliphatic heterocycles. The smallest absolute Gasteiger partial charge is 0.462 e. The zero-order chi connectivity index (χ0) is 54.5. The van der Waals surface area contributed by atoms with Gasteiger partial charge in [-0.15, -0.1) is 0 Å². The summed E-state index contributed by atoms with van der Waals surface area (Å²) in [5.74, 6) is -0.592. The van der Waals surface area contributed by atoms with Gasteiger partial charge in [-0.1, -0.05) is 179 Å². The third kappa shape index (κ3) is 32.3.